The van der Waals surface area contributed by atoms with Gasteiger partial charge in [-0.1, -0.05) is 29.8 Å². The van der Waals surface area contributed by atoms with Crippen molar-refractivity contribution in [2.24, 2.45) is 5.73 Å². The van der Waals surface area contributed by atoms with Crippen molar-refractivity contribution in [1.29, 1.82) is 0 Å². The largest absolute Gasteiger partial charge is 0.352 e. The van der Waals surface area contributed by atoms with Crippen LogP contribution in [0.2, 0.25) is 0 Å². The van der Waals surface area contributed by atoms with Gasteiger partial charge in [-0.3, -0.25) is 4.79 Å². The van der Waals surface area contributed by atoms with E-state index in [4.69, 9.17) is 5.73 Å². The topological polar surface area (TPSA) is 92.5 Å². The summed E-state index contributed by atoms with van der Waals surface area (Å²) in [6, 6.07) is 6.84. The first-order valence-electron chi connectivity index (χ1n) is 7.94. The number of nitrogens with zero attached hydrogens (tertiary/aromatic N) is 1. The molecule has 0 radical (unpaired) electrons. The SMILES string of the molecule is CCS(=O)(=O)N1CCC(NC(=O)C(N)c2ccc(C)cc2)CC1. The maximum atomic E-state index is 12.3. The first-order chi connectivity index (χ1) is 10.8. The summed E-state index contributed by atoms with van der Waals surface area (Å²) in [6.45, 7) is 4.51. The van der Waals surface area contributed by atoms with Crippen molar-refractivity contribution in [3.63, 3.8) is 0 Å². The molecule has 0 spiro atoms. The van der Waals surface area contributed by atoms with E-state index in [-0.39, 0.29) is 17.7 Å². The Bertz CT molecular complexity index is 635. The Labute approximate surface area is 138 Å². The molecular formula is C16H25N3O3S. The van der Waals surface area contributed by atoms with Crippen LogP contribution in [-0.4, -0.2) is 43.5 Å². The molecule has 6 nitrogen and oxygen atoms in total. The van der Waals surface area contributed by atoms with Crippen molar-refractivity contribution in [2.75, 3.05) is 18.8 Å². The predicted octanol–water partition coefficient (Wildman–Crippen LogP) is 0.925. The average molecular weight is 339 g/mol. The zero-order valence-corrected chi connectivity index (χ0v) is 14.5. The predicted molar refractivity (Wildman–Crippen MR) is 90.3 cm³/mol. The number of piperidine rings is 1. The quantitative estimate of drug-likeness (QED) is 0.834. The zero-order chi connectivity index (χ0) is 17.0. The van der Waals surface area contributed by atoms with E-state index in [0.29, 0.717) is 25.9 Å². The Morgan fingerprint density at radius 3 is 2.39 bits per heavy atom. The van der Waals surface area contributed by atoms with E-state index in [1.807, 2.05) is 31.2 Å². The fourth-order valence-corrected chi connectivity index (χ4v) is 3.81. The Morgan fingerprint density at radius 1 is 1.30 bits per heavy atom. The lowest BCUT2D eigenvalue weighted by Crippen LogP contribution is -2.48. The number of nitrogens with two attached hydrogens (primary N) is 1. The van der Waals surface area contributed by atoms with Crippen LogP contribution in [0.3, 0.4) is 0 Å². The van der Waals surface area contributed by atoms with Crippen LogP contribution in [0.15, 0.2) is 24.3 Å². The maximum absolute atomic E-state index is 12.3. The second kappa shape index (κ2) is 7.42. The van der Waals surface area contributed by atoms with Gasteiger partial charge in [-0.15, -0.1) is 0 Å². The van der Waals surface area contributed by atoms with E-state index < -0.39 is 16.1 Å². The molecule has 1 unspecified atom stereocenters. The van der Waals surface area contributed by atoms with Gasteiger partial charge in [-0.05, 0) is 32.3 Å². The number of sulfonamides is 1. The molecule has 1 amide bonds. The zero-order valence-electron chi connectivity index (χ0n) is 13.7. The lowest BCUT2D eigenvalue weighted by atomic mass is 10.0. The highest BCUT2D eigenvalue weighted by Gasteiger charge is 2.28. The van der Waals surface area contributed by atoms with Crippen LogP contribution in [0.1, 0.15) is 36.9 Å². The Balaban J connectivity index is 1.88. The summed E-state index contributed by atoms with van der Waals surface area (Å²) in [5.41, 5.74) is 7.90. The third kappa shape index (κ3) is 4.53. The number of hydrogen-bond donors (Lipinski definition) is 2. The fourth-order valence-electron chi connectivity index (χ4n) is 2.68. The first-order valence-corrected chi connectivity index (χ1v) is 9.54. The second-order valence-corrected chi connectivity index (χ2v) is 8.23. The monoisotopic (exact) mass is 339 g/mol. The number of carbonyl (C=O) groups is 1. The molecule has 7 heteroatoms. The maximum Gasteiger partial charge on any atom is 0.241 e. The van der Waals surface area contributed by atoms with E-state index in [2.05, 4.69) is 5.32 Å². The summed E-state index contributed by atoms with van der Waals surface area (Å²) in [5, 5.41) is 2.94. The minimum absolute atomic E-state index is 0.0256. The van der Waals surface area contributed by atoms with Crippen LogP contribution in [0.25, 0.3) is 0 Å². The normalized spacial score (nSPS) is 18.6. The van der Waals surface area contributed by atoms with Crippen LogP contribution >= 0.6 is 0 Å². The number of amides is 1. The van der Waals surface area contributed by atoms with Crippen molar-refractivity contribution in [3.8, 4) is 0 Å². The van der Waals surface area contributed by atoms with Gasteiger partial charge in [-0.25, -0.2) is 12.7 Å². The van der Waals surface area contributed by atoms with Gasteiger partial charge in [0.25, 0.3) is 0 Å². The van der Waals surface area contributed by atoms with E-state index >= 15 is 0 Å². The van der Waals surface area contributed by atoms with Crippen molar-refractivity contribution >= 4 is 15.9 Å². The molecule has 0 saturated carbocycles. The first kappa shape index (κ1) is 17.9. The summed E-state index contributed by atoms with van der Waals surface area (Å²) < 4.78 is 25.1. The number of aryl methyl sites for hydroxylation is 1. The van der Waals surface area contributed by atoms with Crippen LogP contribution in [0.5, 0.6) is 0 Å². The molecule has 1 heterocycles. The van der Waals surface area contributed by atoms with Gasteiger partial charge in [0.15, 0.2) is 0 Å². The number of nitrogens with one attached hydrogen (secondary N) is 1. The highest BCUT2D eigenvalue weighted by molar-refractivity contribution is 7.89. The van der Waals surface area contributed by atoms with E-state index in [1.54, 1.807) is 6.92 Å². The molecule has 0 bridgehead atoms. The summed E-state index contributed by atoms with van der Waals surface area (Å²) in [6.07, 6.45) is 1.23. The fraction of sp³-hybridized carbons (Fsp3) is 0.562. The molecule has 1 saturated heterocycles. The highest BCUT2D eigenvalue weighted by Crippen LogP contribution is 2.16. The molecule has 128 valence electrons. The summed E-state index contributed by atoms with van der Waals surface area (Å²) >= 11 is 0. The van der Waals surface area contributed by atoms with Crippen LogP contribution in [0, 0.1) is 6.92 Å². The van der Waals surface area contributed by atoms with Gasteiger partial charge in [-0.2, -0.15) is 0 Å². The summed E-state index contributed by atoms with van der Waals surface area (Å²) in [5.74, 6) is -0.104. The van der Waals surface area contributed by atoms with Crippen molar-refractivity contribution in [2.45, 2.75) is 38.8 Å². The molecule has 1 aromatic carbocycles. The van der Waals surface area contributed by atoms with Crippen LogP contribution in [-0.2, 0) is 14.8 Å². The number of benzene rings is 1. The summed E-state index contributed by atoms with van der Waals surface area (Å²) in [4.78, 5) is 12.3. The summed E-state index contributed by atoms with van der Waals surface area (Å²) in [7, 11) is -3.14. The van der Waals surface area contributed by atoms with Gasteiger partial charge in [0.1, 0.15) is 6.04 Å². The molecule has 0 aromatic heterocycles. The van der Waals surface area contributed by atoms with Crippen molar-refractivity contribution in [1.82, 2.24) is 9.62 Å². The number of carbonyl (C=O) groups excluding carboxylic acids is 1. The van der Waals surface area contributed by atoms with E-state index in [9.17, 15) is 13.2 Å². The molecule has 1 aromatic rings. The van der Waals surface area contributed by atoms with Gasteiger partial charge < -0.3 is 11.1 Å². The molecule has 1 fully saturated rings. The molecule has 0 aliphatic carbocycles. The standard InChI is InChI=1S/C16H25N3O3S/c1-3-23(21,22)19-10-8-14(9-11-19)18-16(20)15(17)13-6-4-12(2)5-7-13/h4-7,14-15H,3,8-11,17H2,1-2H3,(H,18,20). The Morgan fingerprint density at radius 2 is 1.87 bits per heavy atom. The molecule has 23 heavy (non-hydrogen) atoms. The average Bonchev–Trinajstić information content (AvgIpc) is 2.55. The molecular weight excluding hydrogens is 314 g/mol. The Kier molecular flexibility index (Phi) is 5.78. The number of rotatable bonds is 5. The highest BCUT2D eigenvalue weighted by atomic mass is 32.2. The molecule has 3 N–H and O–H groups in total. The molecule has 1 atom stereocenters. The third-order valence-electron chi connectivity index (χ3n) is 4.28. The van der Waals surface area contributed by atoms with Gasteiger partial charge in [0, 0.05) is 19.1 Å². The minimum Gasteiger partial charge on any atom is -0.352 e. The second-order valence-electron chi connectivity index (χ2n) is 5.97. The van der Waals surface area contributed by atoms with E-state index in [0.717, 1.165) is 11.1 Å². The van der Waals surface area contributed by atoms with Crippen LogP contribution in [0.4, 0.5) is 0 Å². The van der Waals surface area contributed by atoms with Crippen molar-refractivity contribution < 1.29 is 13.2 Å². The lowest BCUT2D eigenvalue weighted by Gasteiger charge is -2.31. The minimum atomic E-state index is -3.14. The lowest BCUT2D eigenvalue weighted by molar-refractivity contribution is -0.123. The van der Waals surface area contributed by atoms with E-state index in [1.165, 1.54) is 4.31 Å². The van der Waals surface area contributed by atoms with Crippen LogP contribution < -0.4 is 11.1 Å². The molecule has 1 aliphatic heterocycles. The van der Waals surface area contributed by atoms with Gasteiger partial charge in [0.05, 0.1) is 5.75 Å². The van der Waals surface area contributed by atoms with Gasteiger partial charge in [0.2, 0.25) is 15.9 Å². The number of hydrogen-bond acceptors (Lipinski definition) is 4. The molecule has 1 aliphatic rings. The van der Waals surface area contributed by atoms with Crippen molar-refractivity contribution in [3.05, 3.63) is 35.4 Å². The van der Waals surface area contributed by atoms with Gasteiger partial charge >= 0.3 is 0 Å². The molecule has 2 rings (SSSR count). The smallest absolute Gasteiger partial charge is 0.241 e. The Hall–Kier alpha value is -1.44. The third-order valence-corrected chi connectivity index (χ3v) is 6.16.